The molecule has 132 valence electrons. The van der Waals surface area contributed by atoms with E-state index in [1.807, 2.05) is 30.3 Å². The number of anilines is 1. The smallest absolute Gasteiger partial charge is 0.338 e. The van der Waals surface area contributed by atoms with Crippen molar-refractivity contribution in [1.29, 1.82) is 0 Å². The molecule has 25 heavy (non-hydrogen) atoms. The fourth-order valence-electron chi connectivity index (χ4n) is 3.02. The van der Waals surface area contributed by atoms with Crippen LogP contribution in [0.25, 0.3) is 0 Å². The van der Waals surface area contributed by atoms with Gasteiger partial charge >= 0.3 is 5.97 Å². The molecule has 1 N–H and O–H groups in total. The first kappa shape index (κ1) is 17.5. The number of hydrogen-bond acceptors (Lipinski definition) is 5. The summed E-state index contributed by atoms with van der Waals surface area (Å²) in [5.41, 5.74) is 3.20. The predicted octanol–water partition coefficient (Wildman–Crippen LogP) is 2.62. The standard InChI is InChI=1S/C20H23NO4/c1-24-20(23)19-8-7-18(9-17(19)12-22)21-10-16(11-21)14-25-13-15-5-3-2-4-6-15/h2-9,16,22H,10-14H2,1H3. The van der Waals surface area contributed by atoms with Crippen LogP contribution in [-0.4, -0.2) is 37.9 Å². The molecule has 0 atom stereocenters. The van der Waals surface area contributed by atoms with E-state index in [0.717, 1.165) is 25.4 Å². The van der Waals surface area contributed by atoms with E-state index in [0.29, 0.717) is 23.7 Å². The number of carbonyl (C=O) groups excluding carboxylic acids is 1. The van der Waals surface area contributed by atoms with Gasteiger partial charge in [0.15, 0.2) is 0 Å². The Labute approximate surface area is 147 Å². The molecule has 1 fully saturated rings. The lowest BCUT2D eigenvalue weighted by Crippen LogP contribution is -2.48. The zero-order valence-corrected chi connectivity index (χ0v) is 14.4. The Balaban J connectivity index is 1.50. The van der Waals surface area contributed by atoms with Gasteiger partial charge in [0.1, 0.15) is 0 Å². The topological polar surface area (TPSA) is 59.0 Å². The van der Waals surface area contributed by atoms with Gasteiger partial charge in [0.05, 0.1) is 32.5 Å². The summed E-state index contributed by atoms with van der Waals surface area (Å²) in [7, 11) is 1.34. The molecule has 5 heteroatoms. The minimum Gasteiger partial charge on any atom is -0.465 e. The molecule has 2 aromatic rings. The van der Waals surface area contributed by atoms with Gasteiger partial charge in [0.2, 0.25) is 0 Å². The highest BCUT2D eigenvalue weighted by Crippen LogP contribution is 2.27. The maximum atomic E-state index is 11.7. The van der Waals surface area contributed by atoms with Crippen LogP contribution in [0.1, 0.15) is 21.5 Å². The Hall–Kier alpha value is -2.37. The first-order chi connectivity index (χ1) is 12.2. The molecule has 2 aromatic carbocycles. The van der Waals surface area contributed by atoms with Crippen molar-refractivity contribution in [2.45, 2.75) is 13.2 Å². The highest BCUT2D eigenvalue weighted by Gasteiger charge is 2.27. The monoisotopic (exact) mass is 341 g/mol. The molecule has 0 spiro atoms. The van der Waals surface area contributed by atoms with E-state index in [4.69, 9.17) is 9.47 Å². The third kappa shape index (κ3) is 4.18. The minimum atomic E-state index is -0.425. The van der Waals surface area contributed by atoms with Gasteiger partial charge < -0.3 is 19.5 Å². The van der Waals surface area contributed by atoms with E-state index in [9.17, 15) is 9.90 Å². The normalized spacial score (nSPS) is 14.2. The highest BCUT2D eigenvalue weighted by atomic mass is 16.5. The number of benzene rings is 2. The van der Waals surface area contributed by atoms with Crippen LogP contribution in [0.2, 0.25) is 0 Å². The molecular weight excluding hydrogens is 318 g/mol. The maximum absolute atomic E-state index is 11.7. The zero-order chi connectivity index (χ0) is 17.6. The molecule has 0 aromatic heterocycles. The average molecular weight is 341 g/mol. The van der Waals surface area contributed by atoms with Crippen LogP contribution in [0.3, 0.4) is 0 Å². The second kappa shape index (κ2) is 8.14. The Morgan fingerprint density at radius 1 is 1.20 bits per heavy atom. The van der Waals surface area contributed by atoms with Crippen molar-refractivity contribution in [3.05, 3.63) is 65.2 Å². The zero-order valence-electron chi connectivity index (χ0n) is 14.4. The number of nitrogens with zero attached hydrogens (tertiary/aromatic N) is 1. The molecule has 1 aliphatic heterocycles. The average Bonchev–Trinajstić information content (AvgIpc) is 2.63. The number of aliphatic hydroxyl groups is 1. The SMILES string of the molecule is COC(=O)c1ccc(N2CC(COCc3ccccc3)C2)cc1CO. The van der Waals surface area contributed by atoms with E-state index in [1.165, 1.54) is 12.7 Å². The van der Waals surface area contributed by atoms with Gasteiger partial charge in [-0.25, -0.2) is 4.79 Å². The lowest BCUT2D eigenvalue weighted by Gasteiger charge is -2.41. The minimum absolute atomic E-state index is 0.185. The number of esters is 1. The van der Waals surface area contributed by atoms with Crippen molar-refractivity contribution in [3.8, 4) is 0 Å². The van der Waals surface area contributed by atoms with E-state index in [2.05, 4.69) is 17.0 Å². The van der Waals surface area contributed by atoms with Gasteiger partial charge in [-0.05, 0) is 29.3 Å². The summed E-state index contributed by atoms with van der Waals surface area (Å²) in [5.74, 6) is 0.0768. The predicted molar refractivity (Wildman–Crippen MR) is 95.5 cm³/mol. The van der Waals surface area contributed by atoms with Gasteiger partial charge in [-0.2, -0.15) is 0 Å². The molecule has 5 nitrogen and oxygen atoms in total. The molecule has 0 amide bonds. The van der Waals surface area contributed by atoms with Crippen LogP contribution < -0.4 is 4.90 Å². The van der Waals surface area contributed by atoms with Crippen LogP contribution in [0, 0.1) is 5.92 Å². The lowest BCUT2D eigenvalue weighted by atomic mass is 9.98. The third-order valence-corrected chi connectivity index (χ3v) is 4.45. The van der Waals surface area contributed by atoms with Gasteiger partial charge in [0, 0.05) is 24.7 Å². The second-order valence-electron chi connectivity index (χ2n) is 6.26. The third-order valence-electron chi connectivity index (χ3n) is 4.45. The van der Waals surface area contributed by atoms with Crippen LogP contribution >= 0.6 is 0 Å². The fourth-order valence-corrected chi connectivity index (χ4v) is 3.02. The molecule has 1 saturated heterocycles. The first-order valence-electron chi connectivity index (χ1n) is 8.40. The number of aliphatic hydroxyl groups excluding tert-OH is 1. The largest absolute Gasteiger partial charge is 0.465 e. The van der Waals surface area contributed by atoms with Gasteiger partial charge in [0.25, 0.3) is 0 Å². The molecule has 1 heterocycles. The van der Waals surface area contributed by atoms with Crippen LogP contribution in [0.4, 0.5) is 5.69 Å². The Kier molecular flexibility index (Phi) is 5.68. The summed E-state index contributed by atoms with van der Waals surface area (Å²) in [6.45, 7) is 3.02. The van der Waals surface area contributed by atoms with Crippen molar-refractivity contribution >= 4 is 11.7 Å². The molecule has 0 radical (unpaired) electrons. The highest BCUT2D eigenvalue weighted by molar-refractivity contribution is 5.91. The van der Waals surface area contributed by atoms with Crippen molar-refractivity contribution < 1.29 is 19.4 Å². The van der Waals surface area contributed by atoms with Crippen molar-refractivity contribution in [1.82, 2.24) is 0 Å². The van der Waals surface area contributed by atoms with Crippen LogP contribution in [0.5, 0.6) is 0 Å². The van der Waals surface area contributed by atoms with Crippen molar-refractivity contribution in [2.24, 2.45) is 5.92 Å². The molecule has 0 aliphatic carbocycles. The van der Waals surface area contributed by atoms with Gasteiger partial charge in [-0.3, -0.25) is 0 Å². The number of carbonyl (C=O) groups is 1. The summed E-state index contributed by atoms with van der Waals surface area (Å²) in [6.07, 6.45) is 0. The van der Waals surface area contributed by atoms with Crippen molar-refractivity contribution in [3.63, 3.8) is 0 Å². The Morgan fingerprint density at radius 2 is 1.96 bits per heavy atom. The second-order valence-corrected chi connectivity index (χ2v) is 6.26. The molecule has 0 saturated carbocycles. The summed E-state index contributed by atoms with van der Waals surface area (Å²) in [6, 6.07) is 15.6. The summed E-state index contributed by atoms with van der Waals surface area (Å²) in [4.78, 5) is 13.9. The van der Waals surface area contributed by atoms with E-state index < -0.39 is 5.97 Å². The molecule has 1 aliphatic rings. The number of rotatable bonds is 7. The van der Waals surface area contributed by atoms with Crippen LogP contribution in [0.15, 0.2) is 48.5 Å². The fraction of sp³-hybridized carbons (Fsp3) is 0.350. The number of hydrogen-bond donors (Lipinski definition) is 1. The molecule has 3 rings (SSSR count). The summed E-state index contributed by atoms with van der Waals surface area (Å²) < 4.78 is 10.5. The summed E-state index contributed by atoms with van der Waals surface area (Å²) >= 11 is 0. The van der Waals surface area contributed by atoms with E-state index in [1.54, 1.807) is 6.07 Å². The van der Waals surface area contributed by atoms with E-state index >= 15 is 0 Å². The quantitative estimate of drug-likeness (QED) is 0.785. The van der Waals surface area contributed by atoms with Gasteiger partial charge in [-0.15, -0.1) is 0 Å². The molecular formula is C20H23NO4. The Bertz CT molecular complexity index is 711. The number of methoxy groups -OCH3 is 1. The van der Waals surface area contributed by atoms with Crippen molar-refractivity contribution in [2.75, 3.05) is 31.7 Å². The summed E-state index contributed by atoms with van der Waals surface area (Å²) in [5, 5.41) is 9.49. The van der Waals surface area contributed by atoms with Crippen LogP contribution in [-0.2, 0) is 22.7 Å². The lowest BCUT2D eigenvalue weighted by molar-refractivity contribution is 0.0597. The first-order valence-corrected chi connectivity index (χ1v) is 8.40. The molecule has 0 bridgehead atoms. The maximum Gasteiger partial charge on any atom is 0.338 e. The van der Waals surface area contributed by atoms with E-state index in [-0.39, 0.29) is 6.61 Å². The van der Waals surface area contributed by atoms with Gasteiger partial charge in [-0.1, -0.05) is 30.3 Å². The Morgan fingerprint density at radius 3 is 2.64 bits per heavy atom. The molecule has 0 unspecified atom stereocenters. The number of ether oxygens (including phenoxy) is 2.